The topological polar surface area (TPSA) is 29.5 Å². The molecule has 2 rings (SSSR count). The third-order valence-electron chi connectivity index (χ3n) is 2.40. The zero-order chi connectivity index (χ0) is 14.4. The molecule has 0 fully saturated rings. The minimum absolute atomic E-state index is 0.0349. The fourth-order valence-corrected chi connectivity index (χ4v) is 2.27. The summed E-state index contributed by atoms with van der Waals surface area (Å²) in [4.78, 5) is 1.71. The lowest BCUT2D eigenvalue weighted by molar-refractivity contribution is 0.287. The normalized spacial score (nSPS) is 9.95. The zero-order valence-electron chi connectivity index (χ0n) is 10.5. The lowest BCUT2D eigenvalue weighted by Gasteiger charge is -2.05. The van der Waals surface area contributed by atoms with Crippen molar-refractivity contribution in [2.45, 2.75) is 13.0 Å². The van der Waals surface area contributed by atoms with E-state index in [1.807, 2.05) is 12.1 Å². The van der Waals surface area contributed by atoms with Crippen molar-refractivity contribution in [3.05, 3.63) is 51.7 Å². The molecule has 2 aromatic rings. The largest absolute Gasteiger partial charge is 0.485 e. The number of benzene rings is 1. The monoisotopic (exact) mass is 294 g/mol. The molecule has 0 aliphatic rings. The second-order valence-electron chi connectivity index (χ2n) is 3.88. The van der Waals surface area contributed by atoms with E-state index in [-0.39, 0.29) is 19.0 Å². The van der Waals surface area contributed by atoms with Crippen LogP contribution >= 0.6 is 11.3 Å². The van der Waals surface area contributed by atoms with Crippen molar-refractivity contribution in [2.24, 2.45) is 0 Å². The summed E-state index contributed by atoms with van der Waals surface area (Å²) in [6, 6.07) is 7.48. The van der Waals surface area contributed by atoms with Crippen molar-refractivity contribution in [1.82, 2.24) is 0 Å². The zero-order valence-corrected chi connectivity index (χ0v) is 11.3. The molecule has 0 atom stereocenters. The van der Waals surface area contributed by atoms with Crippen molar-refractivity contribution in [3.63, 3.8) is 0 Å². The van der Waals surface area contributed by atoms with Crippen LogP contribution < -0.4 is 4.74 Å². The van der Waals surface area contributed by atoms with E-state index in [1.54, 1.807) is 0 Å². The number of aliphatic hydroxyl groups is 1. The van der Waals surface area contributed by atoms with Crippen molar-refractivity contribution in [2.75, 3.05) is 6.61 Å². The van der Waals surface area contributed by atoms with Crippen LogP contribution in [0.3, 0.4) is 0 Å². The van der Waals surface area contributed by atoms with Crippen LogP contribution in [0.15, 0.2) is 30.3 Å². The summed E-state index contributed by atoms with van der Waals surface area (Å²) < 4.78 is 31.6. The van der Waals surface area contributed by atoms with Crippen LogP contribution in [0, 0.1) is 23.5 Å². The minimum Gasteiger partial charge on any atom is -0.485 e. The van der Waals surface area contributed by atoms with Crippen LogP contribution in [-0.2, 0) is 6.61 Å². The number of ether oxygens (including phenoxy) is 1. The standard InChI is InChI=1S/C15H12F2O2S/c16-13-5-3-6-14(15(13)17)19-10-12-8-7-11(20-12)4-1-2-9-18/h3,5-8,18H,2,9-10H2. The lowest BCUT2D eigenvalue weighted by atomic mass is 10.3. The Balaban J connectivity index is 1.98. The van der Waals surface area contributed by atoms with Crippen LogP contribution in [0.25, 0.3) is 0 Å². The number of aliphatic hydroxyl groups excluding tert-OH is 1. The molecule has 0 amide bonds. The number of hydrogen-bond acceptors (Lipinski definition) is 3. The van der Waals surface area contributed by atoms with Gasteiger partial charge in [-0.15, -0.1) is 11.3 Å². The molecule has 104 valence electrons. The number of thiophene rings is 1. The SMILES string of the molecule is OCCC#Cc1ccc(COc2cccc(F)c2F)s1. The highest BCUT2D eigenvalue weighted by molar-refractivity contribution is 7.12. The highest BCUT2D eigenvalue weighted by atomic mass is 32.1. The third-order valence-corrected chi connectivity index (χ3v) is 3.37. The molecule has 0 aliphatic heterocycles. The maximum absolute atomic E-state index is 13.4. The first kappa shape index (κ1) is 14.5. The summed E-state index contributed by atoms with van der Waals surface area (Å²) in [6.07, 6.45) is 0.429. The highest BCUT2D eigenvalue weighted by Crippen LogP contribution is 2.22. The molecular formula is C15H12F2O2S. The fourth-order valence-electron chi connectivity index (χ4n) is 1.47. The molecule has 0 saturated heterocycles. The van der Waals surface area contributed by atoms with Crippen molar-refractivity contribution in [3.8, 4) is 17.6 Å². The van der Waals surface area contributed by atoms with E-state index in [1.165, 1.54) is 23.5 Å². The van der Waals surface area contributed by atoms with Gasteiger partial charge >= 0.3 is 0 Å². The average molecular weight is 294 g/mol. The predicted octanol–water partition coefficient (Wildman–Crippen LogP) is 3.34. The summed E-state index contributed by atoms with van der Waals surface area (Å²) in [5, 5.41) is 8.62. The second kappa shape index (κ2) is 7.04. The quantitative estimate of drug-likeness (QED) is 0.876. The van der Waals surface area contributed by atoms with Gasteiger partial charge in [-0.1, -0.05) is 17.9 Å². The Labute approximate surface area is 119 Å². The third kappa shape index (κ3) is 3.80. The van der Waals surface area contributed by atoms with Crippen molar-refractivity contribution >= 4 is 11.3 Å². The Morgan fingerprint density at radius 3 is 2.85 bits per heavy atom. The Kier molecular flexibility index (Phi) is 5.10. The molecule has 0 radical (unpaired) electrons. The molecule has 5 heteroatoms. The lowest BCUT2D eigenvalue weighted by Crippen LogP contribution is -1.96. The molecule has 0 saturated carbocycles. The van der Waals surface area contributed by atoms with Crippen LogP contribution in [-0.4, -0.2) is 11.7 Å². The van der Waals surface area contributed by atoms with E-state index in [2.05, 4.69) is 11.8 Å². The predicted molar refractivity (Wildman–Crippen MR) is 73.6 cm³/mol. The van der Waals surface area contributed by atoms with Crippen LogP contribution in [0.2, 0.25) is 0 Å². The summed E-state index contributed by atoms with van der Waals surface area (Å²) in [7, 11) is 0. The van der Waals surface area contributed by atoms with E-state index < -0.39 is 11.6 Å². The van der Waals surface area contributed by atoms with E-state index >= 15 is 0 Å². The van der Waals surface area contributed by atoms with E-state index in [0.29, 0.717) is 6.42 Å². The van der Waals surface area contributed by atoms with Gasteiger partial charge in [-0.3, -0.25) is 0 Å². The van der Waals surface area contributed by atoms with Gasteiger partial charge in [0.05, 0.1) is 11.5 Å². The van der Waals surface area contributed by atoms with Crippen LogP contribution in [0.5, 0.6) is 5.75 Å². The summed E-state index contributed by atoms with van der Waals surface area (Å²) >= 11 is 1.42. The Bertz CT molecular complexity index is 641. The van der Waals surface area contributed by atoms with Gasteiger partial charge in [0.2, 0.25) is 5.82 Å². The Morgan fingerprint density at radius 2 is 2.05 bits per heavy atom. The van der Waals surface area contributed by atoms with Gasteiger partial charge < -0.3 is 9.84 Å². The van der Waals surface area contributed by atoms with Gasteiger partial charge in [-0.2, -0.15) is 4.39 Å². The summed E-state index contributed by atoms with van der Waals surface area (Å²) in [5.74, 6) is 3.71. The van der Waals surface area contributed by atoms with Gasteiger partial charge in [0.25, 0.3) is 0 Å². The molecule has 1 N–H and O–H groups in total. The molecule has 1 aromatic carbocycles. The highest BCUT2D eigenvalue weighted by Gasteiger charge is 2.09. The fraction of sp³-hybridized carbons (Fsp3) is 0.200. The van der Waals surface area contributed by atoms with E-state index in [9.17, 15) is 8.78 Å². The molecule has 0 bridgehead atoms. The maximum Gasteiger partial charge on any atom is 0.200 e. The number of halogens is 2. The van der Waals surface area contributed by atoms with Crippen LogP contribution in [0.4, 0.5) is 8.78 Å². The maximum atomic E-state index is 13.4. The first-order chi connectivity index (χ1) is 9.70. The van der Waals surface area contributed by atoms with Crippen molar-refractivity contribution < 1.29 is 18.6 Å². The van der Waals surface area contributed by atoms with Crippen molar-refractivity contribution in [1.29, 1.82) is 0 Å². The molecule has 0 unspecified atom stereocenters. The van der Waals surface area contributed by atoms with Gasteiger partial charge in [-0.25, -0.2) is 4.39 Å². The minimum atomic E-state index is -0.980. The van der Waals surface area contributed by atoms with E-state index in [0.717, 1.165) is 15.8 Å². The van der Waals surface area contributed by atoms with Crippen LogP contribution in [0.1, 0.15) is 16.2 Å². The van der Waals surface area contributed by atoms with Gasteiger partial charge in [-0.05, 0) is 24.3 Å². The smallest absolute Gasteiger partial charge is 0.200 e. The molecule has 0 aliphatic carbocycles. The van der Waals surface area contributed by atoms with E-state index in [4.69, 9.17) is 9.84 Å². The summed E-state index contributed by atoms with van der Waals surface area (Å²) in [6.45, 7) is 0.194. The average Bonchev–Trinajstić information content (AvgIpc) is 2.89. The first-order valence-corrected chi connectivity index (χ1v) is 6.77. The second-order valence-corrected chi connectivity index (χ2v) is 5.05. The number of hydrogen-bond donors (Lipinski definition) is 1. The molecular weight excluding hydrogens is 282 g/mol. The van der Waals surface area contributed by atoms with Gasteiger partial charge in [0.1, 0.15) is 6.61 Å². The number of rotatable bonds is 4. The molecule has 0 spiro atoms. The first-order valence-electron chi connectivity index (χ1n) is 5.96. The molecule has 1 aromatic heterocycles. The Morgan fingerprint density at radius 1 is 1.20 bits per heavy atom. The molecule has 1 heterocycles. The van der Waals surface area contributed by atoms with Gasteiger partial charge in [0, 0.05) is 11.3 Å². The Hall–Kier alpha value is -1.90. The molecule has 20 heavy (non-hydrogen) atoms. The molecule has 2 nitrogen and oxygen atoms in total. The summed E-state index contributed by atoms with van der Waals surface area (Å²) in [5.41, 5.74) is 0. The van der Waals surface area contributed by atoms with Gasteiger partial charge in [0.15, 0.2) is 11.6 Å².